The van der Waals surface area contributed by atoms with E-state index in [1.54, 1.807) is 0 Å². The predicted octanol–water partition coefficient (Wildman–Crippen LogP) is 31.4. The minimum Gasteiger partial charge on any atom is -0.455 e. The number of rotatable bonds is 22. The molecule has 2 aromatic heterocycles. The molecule has 0 aliphatic rings. The van der Waals surface area contributed by atoms with E-state index in [4.69, 9.17) is 8.83 Å². The Morgan fingerprint density at radius 3 is 0.634 bits per heavy atom. The summed E-state index contributed by atoms with van der Waals surface area (Å²) in [4.78, 5) is 4.82. The van der Waals surface area contributed by atoms with Crippen LogP contribution in [0.4, 0.5) is 34.1 Å². The summed E-state index contributed by atoms with van der Waals surface area (Å²) in [6.07, 6.45) is 0. The van der Waals surface area contributed by atoms with Crippen molar-refractivity contribution in [1.29, 1.82) is 0 Å². The molecule has 23 aromatic carbocycles. The normalized spacial score (nSPS) is 11.5. The van der Waals surface area contributed by atoms with Crippen molar-refractivity contribution < 1.29 is 8.83 Å². The monoisotopic (exact) mass is 1840 g/mol. The van der Waals surface area contributed by atoms with Gasteiger partial charge >= 0.3 is 0 Å². The van der Waals surface area contributed by atoms with E-state index in [-0.39, 0.29) is 0 Å². The Hall–Kier alpha value is -18.0. The lowest BCUT2D eigenvalue weighted by atomic mass is 9.98. The summed E-state index contributed by atoms with van der Waals surface area (Å²) in [5, 5.41) is 17.4. The Kier molecular flexibility index (Phi) is 23.5. The van der Waals surface area contributed by atoms with Gasteiger partial charge in [0.2, 0.25) is 0 Å². The summed E-state index contributed by atoms with van der Waals surface area (Å²) < 4.78 is 13.8. The Balaban J connectivity index is 0.000000154. The number of hydrogen-bond acceptors (Lipinski definition) is 4. The summed E-state index contributed by atoms with van der Waals surface area (Å²) in [6, 6.07) is 212. The average molecular weight is 1850 g/mol. The Labute approximate surface area is 830 Å². The lowest BCUT2D eigenvalue weighted by molar-refractivity contribution is 0.670. The fourth-order valence-corrected chi connectivity index (χ4v) is 31.1. The van der Waals surface area contributed by atoms with Crippen molar-refractivity contribution in [3.63, 3.8) is 0 Å². The van der Waals surface area contributed by atoms with Crippen molar-refractivity contribution in [2.45, 2.75) is 0 Å². The summed E-state index contributed by atoms with van der Waals surface area (Å²) in [5.74, 6) is 0. The molecule has 2 heterocycles. The largest absolute Gasteiger partial charge is 0.455 e. The molecule has 0 aliphatic carbocycles. The van der Waals surface area contributed by atoms with Crippen molar-refractivity contribution in [3.8, 4) is 89.0 Å². The summed E-state index contributed by atoms with van der Waals surface area (Å²) in [7, 11) is -5.99. The molecule has 0 N–H and O–H groups in total. The van der Waals surface area contributed by atoms with E-state index in [2.05, 4.69) is 592 Å². The topological polar surface area (TPSA) is 32.8 Å². The fourth-order valence-electron chi connectivity index (χ4n) is 21.6. The summed E-state index contributed by atoms with van der Waals surface area (Å²) in [5.41, 5.74) is 28.6. The standard InChI is InChI=1S/C70H49NOSi.C66H47NOSi/c1-5-19-50(20-6-1)51-37-43-56(44-38-51)71(57-45-39-54(40-46-57)64-32-15-24-52-23-13-14-31-63(52)64)58-25-16-30-62(49-58)73(59-26-9-3-10-27-59,60-28-11-4-12-29-60)61-47-41-55(42-48-61)66-34-18-36-68-67-35-17-33-65(69(67)72-70(66)68)53-21-7-2-8-22-53;1-6-19-48(20-7-1)50-35-41-54(42-36-50)67(55-43-37-51(38-44-55)49-21-8-2-9-22-49)56-25-16-30-60(47-56)69(57-26-12-4-13-27-57,58-28-14-5-15-29-58)59-45-39-53(40-46-59)62-32-18-34-64-63-33-17-31-61(65(63)68-66(62)64)52-23-10-3-11-24-52/h1-49H;1-47H. The first-order valence-corrected chi connectivity index (χ1v) is 52.7. The number of anilines is 6. The number of benzene rings is 23. The van der Waals surface area contributed by atoms with Crippen LogP contribution in [0.3, 0.4) is 0 Å². The highest BCUT2D eigenvalue weighted by molar-refractivity contribution is 7.20. The van der Waals surface area contributed by atoms with Crippen LogP contribution in [-0.4, -0.2) is 16.1 Å². The second kappa shape index (κ2) is 38.5. The van der Waals surface area contributed by atoms with E-state index in [1.165, 1.54) is 96.8 Å². The molecule has 0 amide bonds. The van der Waals surface area contributed by atoms with Gasteiger partial charge in [-0.25, -0.2) is 0 Å². The quantitative estimate of drug-likeness (QED) is 0.0500. The van der Waals surface area contributed by atoms with E-state index in [9.17, 15) is 0 Å². The first-order valence-electron chi connectivity index (χ1n) is 48.7. The molecule has 25 rings (SSSR count). The van der Waals surface area contributed by atoms with E-state index in [1.807, 2.05) is 0 Å². The highest BCUT2D eigenvalue weighted by atomic mass is 28.3. The first-order chi connectivity index (χ1) is 70.4. The smallest absolute Gasteiger partial charge is 0.179 e. The Morgan fingerprint density at radius 1 is 0.127 bits per heavy atom. The fraction of sp³-hybridized carbons (Fsp3) is 0. The maximum atomic E-state index is 6.92. The number of fused-ring (bicyclic) bond motifs is 7. The van der Waals surface area contributed by atoms with Gasteiger partial charge in [-0.1, -0.05) is 510 Å². The van der Waals surface area contributed by atoms with Gasteiger partial charge in [0.05, 0.1) is 0 Å². The number of furan rings is 2. The zero-order valence-electron chi connectivity index (χ0n) is 78.1. The molecule has 0 saturated heterocycles. The van der Waals surface area contributed by atoms with Gasteiger partial charge in [-0.3, -0.25) is 0 Å². The third-order valence-electron chi connectivity index (χ3n) is 28.3. The number of hydrogen-bond donors (Lipinski definition) is 0. The van der Waals surface area contributed by atoms with Crippen LogP contribution < -0.4 is 51.3 Å². The molecule has 0 saturated carbocycles. The SMILES string of the molecule is c1ccc(-c2ccc(N(c3ccc(-c4cccc5ccccc45)cc3)c3cccc([Si](c4ccccc4)(c4ccccc4)c4ccc(-c5cccc6c5oc5c(-c7ccccc7)cccc56)cc4)c3)cc2)cc1.c1ccc(-c2ccc(N(c3ccc(-c4ccccc4)cc3)c3cccc([Si](c4ccccc4)(c4ccccc4)c4ccc(-c5cccc6c5oc5c(-c7ccccc7)cccc56)cc4)c3)cc2)cc1. The van der Waals surface area contributed by atoms with E-state index >= 15 is 0 Å². The van der Waals surface area contributed by atoms with Crippen molar-refractivity contribution in [3.05, 3.63) is 582 Å². The molecule has 0 bridgehead atoms. The molecule has 6 heteroatoms. The molecule has 0 fully saturated rings. The van der Waals surface area contributed by atoms with E-state index < -0.39 is 16.1 Å². The molecule has 0 unspecified atom stereocenters. The minimum absolute atomic E-state index is 0.901. The van der Waals surface area contributed by atoms with Gasteiger partial charge in [0.25, 0.3) is 0 Å². The third-order valence-corrected chi connectivity index (χ3v) is 37.9. The maximum Gasteiger partial charge on any atom is 0.179 e. The lowest BCUT2D eigenvalue weighted by Crippen LogP contribution is -2.74. The molecule has 0 spiro atoms. The molecular weight excluding hydrogens is 1750 g/mol. The highest BCUT2D eigenvalue weighted by Crippen LogP contribution is 2.45. The lowest BCUT2D eigenvalue weighted by Gasteiger charge is -2.35. The van der Waals surface area contributed by atoms with Crippen molar-refractivity contribution in [2.75, 3.05) is 9.80 Å². The molecule has 0 aliphatic heterocycles. The van der Waals surface area contributed by atoms with Crippen molar-refractivity contribution in [2.24, 2.45) is 0 Å². The van der Waals surface area contributed by atoms with E-state index in [0.717, 1.165) is 123 Å². The van der Waals surface area contributed by atoms with Gasteiger partial charge in [-0.05, 0) is 192 Å². The van der Waals surface area contributed by atoms with Gasteiger partial charge in [-0.2, -0.15) is 0 Å². The first kappa shape index (κ1) is 86.8. The third kappa shape index (κ3) is 16.3. The van der Waals surface area contributed by atoms with Crippen LogP contribution in [0.5, 0.6) is 0 Å². The van der Waals surface area contributed by atoms with Crippen LogP contribution in [0.1, 0.15) is 0 Å². The van der Waals surface area contributed by atoms with Gasteiger partial charge in [0.15, 0.2) is 16.1 Å². The number of para-hydroxylation sites is 4. The van der Waals surface area contributed by atoms with Crippen LogP contribution in [0.25, 0.3) is 144 Å². The zero-order chi connectivity index (χ0) is 94.5. The van der Waals surface area contributed by atoms with Crippen LogP contribution in [0.2, 0.25) is 0 Å². The molecule has 142 heavy (non-hydrogen) atoms. The van der Waals surface area contributed by atoms with Gasteiger partial charge in [0, 0.05) is 77.9 Å². The average Bonchev–Trinajstić information content (AvgIpc) is 0.975. The molecule has 4 nitrogen and oxygen atoms in total. The second-order valence-electron chi connectivity index (χ2n) is 36.4. The van der Waals surface area contributed by atoms with Crippen LogP contribution in [-0.2, 0) is 0 Å². The van der Waals surface area contributed by atoms with Crippen LogP contribution in [0.15, 0.2) is 591 Å². The second-order valence-corrected chi connectivity index (χ2v) is 44.0. The predicted molar refractivity (Wildman–Crippen MR) is 605 cm³/mol. The Morgan fingerprint density at radius 2 is 0.324 bits per heavy atom. The van der Waals surface area contributed by atoms with Crippen LogP contribution >= 0.6 is 0 Å². The minimum atomic E-state index is -3.01. The van der Waals surface area contributed by atoms with Gasteiger partial charge < -0.3 is 18.6 Å². The molecular formula is C136H96N2O2Si2. The Bertz CT molecular complexity index is 8570. The van der Waals surface area contributed by atoms with Gasteiger partial charge in [-0.15, -0.1) is 0 Å². The van der Waals surface area contributed by atoms with E-state index in [0.29, 0.717) is 0 Å². The molecule has 25 aromatic rings. The zero-order valence-corrected chi connectivity index (χ0v) is 80.1. The molecule has 0 radical (unpaired) electrons. The van der Waals surface area contributed by atoms with Crippen LogP contribution in [0, 0.1) is 0 Å². The highest BCUT2D eigenvalue weighted by Gasteiger charge is 2.44. The van der Waals surface area contributed by atoms with Crippen molar-refractivity contribution in [1.82, 2.24) is 0 Å². The maximum absolute atomic E-state index is 6.92. The van der Waals surface area contributed by atoms with Crippen molar-refractivity contribution >= 4 is 146 Å². The summed E-state index contributed by atoms with van der Waals surface area (Å²) in [6.45, 7) is 0. The van der Waals surface area contributed by atoms with Gasteiger partial charge in [0.1, 0.15) is 22.3 Å². The summed E-state index contributed by atoms with van der Waals surface area (Å²) >= 11 is 0. The molecule has 670 valence electrons. The molecule has 0 atom stereocenters. The number of nitrogens with zero attached hydrogens (tertiary/aromatic N) is 2.